The molecule has 1 rings (SSSR count). The van der Waals surface area contributed by atoms with Crippen molar-refractivity contribution in [1.29, 1.82) is 0 Å². The third kappa shape index (κ3) is 2.66. The third-order valence-corrected chi connectivity index (χ3v) is 2.59. The highest BCUT2D eigenvalue weighted by molar-refractivity contribution is 4.93. The zero-order valence-electron chi connectivity index (χ0n) is 7.59. The van der Waals surface area contributed by atoms with Crippen LogP contribution >= 0.6 is 0 Å². The average Bonchev–Trinajstić information content (AvgIpc) is 1.93. The Morgan fingerprint density at radius 3 is 2.64 bits per heavy atom. The lowest BCUT2D eigenvalue weighted by molar-refractivity contribution is 0.311. The van der Waals surface area contributed by atoms with Crippen LogP contribution < -0.4 is 5.73 Å². The summed E-state index contributed by atoms with van der Waals surface area (Å²) in [6.45, 7) is 4.43. The molecule has 0 saturated carbocycles. The van der Waals surface area contributed by atoms with Crippen molar-refractivity contribution in [1.82, 2.24) is 0 Å². The fourth-order valence-corrected chi connectivity index (χ4v) is 1.81. The molecular weight excluding hydrogens is 134 g/mol. The second-order valence-corrected chi connectivity index (χ2v) is 3.89. The number of allylic oxidation sites excluding steroid dienone is 2. The molecule has 2 N–H and O–H groups in total. The van der Waals surface area contributed by atoms with Crippen LogP contribution in [0.3, 0.4) is 0 Å². The van der Waals surface area contributed by atoms with Gasteiger partial charge in [0.1, 0.15) is 0 Å². The summed E-state index contributed by atoms with van der Waals surface area (Å²) < 4.78 is 0. The minimum absolute atomic E-state index is 0.369. The zero-order valence-corrected chi connectivity index (χ0v) is 7.59. The first-order chi connectivity index (χ1) is 5.20. The maximum atomic E-state index is 5.76. The lowest BCUT2D eigenvalue weighted by Gasteiger charge is -2.26. The largest absolute Gasteiger partial charge is 0.328 e. The van der Waals surface area contributed by atoms with E-state index in [0.717, 1.165) is 11.8 Å². The first-order valence-corrected chi connectivity index (χ1v) is 4.60. The molecule has 3 atom stereocenters. The summed E-state index contributed by atoms with van der Waals surface area (Å²) in [6.07, 6.45) is 8.26. The van der Waals surface area contributed by atoms with E-state index >= 15 is 0 Å². The van der Waals surface area contributed by atoms with Crippen molar-refractivity contribution in [2.75, 3.05) is 0 Å². The van der Waals surface area contributed by atoms with Gasteiger partial charge in [0.25, 0.3) is 0 Å². The van der Waals surface area contributed by atoms with E-state index in [-0.39, 0.29) is 0 Å². The summed E-state index contributed by atoms with van der Waals surface area (Å²) in [5.41, 5.74) is 5.76. The molecule has 3 unspecified atom stereocenters. The predicted molar refractivity (Wildman–Crippen MR) is 49.3 cm³/mol. The summed E-state index contributed by atoms with van der Waals surface area (Å²) in [5.74, 6) is 1.67. The van der Waals surface area contributed by atoms with E-state index < -0.39 is 0 Å². The normalized spacial score (nSPS) is 33.7. The van der Waals surface area contributed by atoms with Gasteiger partial charge < -0.3 is 5.73 Å². The van der Waals surface area contributed by atoms with Crippen molar-refractivity contribution in [3.8, 4) is 0 Å². The van der Waals surface area contributed by atoms with E-state index in [4.69, 9.17) is 5.73 Å². The van der Waals surface area contributed by atoms with Gasteiger partial charge in [0, 0.05) is 6.04 Å². The number of hydrogen-bond acceptors (Lipinski definition) is 1. The fourth-order valence-electron chi connectivity index (χ4n) is 1.81. The van der Waals surface area contributed by atoms with Gasteiger partial charge in [-0.1, -0.05) is 19.1 Å². The van der Waals surface area contributed by atoms with Crippen LogP contribution in [-0.2, 0) is 0 Å². The van der Waals surface area contributed by atoms with E-state index in [2.05, 4.69) is 26.0 Å². The van der Waals surface area contributed by atoms with Crippen LogP contribution in [0.15, 0.2) is 12.2 Å². The molecule has 0 spiro atoms. The maximum absolute atomic E-state index is 5.76. The molecule has 0 bridgehead atoms. The fraction of sp³-hybridized carbons (Fsp3) is 0.800. The van der Waals surface area contributed by atoms with Gasteiger partial charge in [-0.15, -0.1) is 0 Å². The Hall–Kier alpha value is -0.300. The summed E-state index contributed by atoms with van der Waals surface area (Å²) >= 11 is 0. The Labute approximate surface area is 69.7 Å². The first-order valence-electron chi connectivity index (χ1n) is 4.60. The van der Waals surface area contributed by atoms with E-state index in [1.165, 1.54) is 19.3 Å². The molecule has 0 aliphatic heterocycles. The summed E-state index contributed by atoms with van der Waals surface area (Å²) in [4.78, 5) is 0. The maximum Gasteiger partial charge on any atom is 0.00133 e. The van der Waals surface area contributed by atoms with Crippen LogP contribution in [0.4, 0.5) is 0 Å². The van der Waals surface area contributed by atoms with Gasteiger partial charge in [-0.25, -0.2) is 0 Å². The van der Waals surface area contributed by atoms with Gasteiger partial charge in [-0.2, -0.15) is 0 Å². The van der Waals surface area contributed by atoms with Crippen molar-refractivity contribution in [3.05, 3.63) is 12.2 Å². The van der Waals surface area contributed by atoms with Crippen molar-refractivity contribution in [2.24, 2.45) is 17.6 Å². The molecule has 64 valence electrons. The highest BCUT2D eigenvalue weighted by Crippen LogP contribution is 2.28. The lowest BCUT2D eigenvalue weighted by atomic mass is 9.81. The highest BCUT2D eigenvalue weighted by Gasteiger charge is 2.18. The molecule has 0 aromatic heterocycles. The highest BCUT2D eigenvalue weighted by atomic mass is 14.6. The van der Waals surface area contributed by atoms with Gasteiger partial charge in [0.2, 0.25) is 0 Å². The van der Waals surface area contributed by atoms with Crippen molar-refractivity contribution in [3.63, 3.8) is 0 Å². The molecule has 0 heterocycles. The second-order valence-electron chi connectivity index (χ2n) is 3.89. The molecule has 1 aliphatic carbocycles. The summed E-state index contributed by atoms with van der Waals surface area (Å²) in [7, 11) is 0. The van der Waals surface area contributed by atoms with E-state index in [1.54, 1.807) is 0 Å². The molecule has 0 fully saturated rings. The molecule has 1 aliphatic rings. The van der Waals surface area contributed by atoms with E-state index in [1.807, 2.05) is 0 Å². The van der Waals surface area contributed by atoms with Crippen LogP contribution in [-0.4, -0.2) is 6.04 Å². The van der Waals surface area contributed by atoms with Crippen molar-refractivity contribution >= 4 is 0 Å². The molecule has 0 aromatic carbocycles. The minimum Gasteiger partial charge on any atom is -0.328 e. The SMILES string of the molecule is CC(N)CC1CC=CCC1C. The molecule has 0 aromatic rings. The molecule has 1 heteroatoms. The van der Waals surface area contributed by atoms with Crippen LogP contribution in [0.5, 0.6) is 0 Å². The van der Waals surface area contributed by atoms with Crippen molar-refractivity contribution in [2.45, 2.75) is 39.2 Å². The Kier molecular flexibility index (Phi) is 3.13. The molecule has 0 saturated heterocycles. The Morgan fingerprint density at radius 1 is 1.45 bits per heavy atom. The van der Waals surface area contributed by atoms with E-state index in [9.17, 15) is 0 Å². The first kappa shape index (κ1) is 8.79. The Morgan fingerprint density at radius 2 is 2.09 bits per heavy atom. The summed E-state index contributed by atoms with van der Waals surface area (Å²) in [6, 6.07) is 0.369. The topological polar surface area (TPSA) is 26.0 Å². The second kappa shape index (κ2) is 3.91. The average molecular weight is 153 g/mol. The standard InChI is InChI=1S/C10H19N/c1-8-5-3-4-6-10(8)7-9(2)11/h3-4,8-10H,5-7,11H2,1-2H3. The van der Waals surface area contributed by atoms with Crippen molar-refractivity contribution < 1.29 is 0 Å². The third-order valence-electron chi connectivity index (χ3n) is 2.59. The van der Waals surface area contributed by atoms with Crippen LogP contribution in [0, 0.1) is 11.8 Å². The van der Waals surface area contributed by atoms with Crippen LogP contribution in [0.1, 0.15) is 33.1 Å². The van der Waals surface area contributed by atoms with E-state index in [0.29, 0.717) is 6.04 Å². The molecule has 0 radical (unpaired) electrons. The van der Waals surface area contributed by atoms with Crippen LogP contribution in [0.25, 0.3) is 0 Å². The van der Waals surface area contributed by atoms with Gasteiger partial charge >= 0.3 is 0 Å². The molecular formula is C10H19N. The molecule has 1 nitrogen and oxygen atoms in total. The number of rotatable bonds is 2. The van der Waals surface area contributed by atoms with Gasteiger partial charge in [0.15, 0.2) is 0 Å². The van der Waals surface area contributed by atoms with Gasteiger partial charge in [-0.05, 0) is 38.0 Å². The van der Waals surface area contributed by atoms with Gasteiger partial charge in [0.05, 0.1) is 0 Å². The quantitative estimate of drug-likeness (QED) is 0.605. The predicted octanol–water partition coefficient (Wildman–Crippen LogP) is 2.33. The summed E-state index contributed by atoms with van der Waals surface area (Å²) in [5, 5.41) is 0. The molecule has 11 heavy (non-hydrogen) atoms. The Bertz CT molecular complexity index is 138. The smallest absolute Gasteiger partial charge is 0.00133 e. The molecule has 0 amide bonds. The zero-order chi connectivity index (χ0) is 8.27. The monoisotopic (exact) mass is 153 g/mol. The number of hydrogen-bond donors (Lipinski definition) is 1. The van der Waals surface area contributed by atoms with Gasteiger partial charge in [-0.3, -0.25) is 0 Å². The lowest BCUT2D eigenvalue weighted by Crippen LogP contribution is -2.24. The minimum atomic E-state index is 0.369. The van der Waals surface area contributed by atoms with Crippen LogP contribution in [0.2, 0.25) is 0 Å². The Balaban J connectivity index is 2.38. The number of nitrogens with two attached hydrogens (primary N) is 1.